The fraction of sp³-hybridized carbons (Fsp3) is 0.556. The topological polar surface area (TPSA) is 93.4 Å². The van der Waals surface area contributed by atoms with Gasteiger partial charge in [0.1, 0.15) is 5.75 Å². The second-order valence-electron chi connectivity index (χ2n) is 6.26. The van der Waals surface area contributed by atoms with Gasteiger partial charge < -0.3 is 21.1 Å². The smallest absolute Gasteiger partial charge is 0.319 e. The summed E-state index contributed by atoms with van der Waals surface area (Å²) in [6, 6.07) is 6.55. The number of urea groups is 1. The van der Waals surface area contributed by atoms with E-state index in [0.717, 1.165) is 18.8 Å². The summed E-state index contributed by atoms with van der Waals surface area (Å²) < 4.78 is 5.15. The lowest BCUT2D eigenvalue weighted by Gasteiger charge is -2.09. The second-order valence-corrected chi connectivity index (χ2v) is 6.26. The first-order chi connectivity index (χ1) is 11.5. The minimum atomic E-state index is -0.527. The van der Waals surface area contributed by atoms with E-state index in [0.29, 0.717) is 18.0 Å². The standard InChI is InChI=1S/C18H29N3O3/c1-14(2)7-5-3-4-6-12-20-18(23)21-15-8-10-16(11-9-15)24-13-17(19)22/h8-11,14H,3-7,12-13H2,1-2H3,(H2,19,22)(H2,20,21,23). The highest BCUT2D eigenvalue weighted by Gasteiger charge is 2.02. The van der Waals surface area contributed by atoms with Crippen molar-refractivity contribution in [3.8, 4) is 5.75 Å². The zero-order valence-corrected chi connectivity index (χ0v) is 14.6. The molecule has 6 heteroatoms. The Morgan fingerprint density at radius 2 is 1.75 bits per heavy atom. The van der Waals surface area contributed by atoms with Crippen molar-refractivity contribution in [2.45, 2.75) is 46.0 Å². The molecule has 0 bridgehead atoms. The summed E-state index contributed by atoms with van der Waals surface area (Å²) in [7, 11) is 0. The van der Waals surface area contributed by atoms with Crippen LogP contribution in [-0.2, 0) is 4.79 Å². The molecule has 0 spiro atoms. The van der Waals surface area contributed by atoms with E-state index in [4.69, 9.17) is 10.5 Å². The van der Waals surface area contributed by atoms with Crippen LogP contribution < -0.4 is 21.1 Å². The molecule has 0 saturated heterocycles. The third-order valence-corrected chi connectivity index (χ3v) is 3.49. The molecule has 3 amide bonds. The molecule has 0 fully saturated rings. The van der Waals surface area contributed by atoms with Gasteiger partial charge in [0.2, 0.25) is 0 Å². The minimum Gasteiger partial charge on any atom is -0.484 e. The Balaban J connectivity index is 2.15. The summed E-state index contributed by atoms with van der Waals surface area (Å²) in [5, 5.41) is 5.60. The number of unbranched alkanes of at least 4 members (excludes halogenated alkanes) is 3. The van der Waals surface area contributed by atoms with E-state index in [9.17, 15) is 9.59 Å². The van der Waals surface area contributed by atoms with Crippen LogP contribution >= 0.6 is 0 Å². The van der Waals surface area contributed by atoms with E-state index in [1.165, 1.54) is 19.3 Å². The molecule has 0 unspecified atom stereocenters. The first-order valence-electron chi connectivity index (χ1n) is 8.53. The quantitative estimate of drug-likeness (QED) is 0.542. The molecule has 1 aromatic carbocycles. The van der Waals surface area contributed by atoms with Gasteiger partial charge in [0, 0.05) is 12.2 Å². The van der Waals surface area contributed by atoms with Gasteiger partial charge in [-0.25, -0.2) is 4.79 Å². The van der Waals surface area contributed by atoms with Crippen molar-refractivity contribution in [3.05, 3.63) is 24.3 Å². The van der Waals surface area contributed by atoms with Crippen molar-refractivity contribution in [3.63, 3.8) is 0 Å². The zero-order valence-electron chi connectivity index (χ0n) is 14.6. The Labute approximate surface area is 144 Å². The lowest BCUT2D eigenvalue weighted by Crippen LogP contribution is -2.29. The molecule has 0 aromatic heterocycles. The molecule has 1 aromatic rings. The van der Waals surface area contributed by atoms with Crippen LogP contribution in [0.25, 0.3) is 0 Å². The van der Waals surface area contributed by atoms with Gasteiger partial charge in [-0.3, -0.25) is 4.79 Å². The Hall–Kier alpha value is -2.24. The Kier molecular flexibility index (Phi) is 9.34. The average molecular weight is 335 g/mol. The molecule has 0 atom stereocenters. The van der Waals surface area contributed by atoms with Crippen LogP contribution in [0, 0.1) is 5.92 Å². The van der Waals surface area contributed by atoms with Crippen LogP contribution in [0.4, 0.5) is 10.5 Å². The zero-order chi connectivity index (χ0) is 17.8. The number of hydrogen-bond donors (Lipinski definition) is 3. The first kappa shape index (κ1) is 19.8. The van der Waals surface area contributed by atoms with Crippen LogP contribution in [-0.4, -0.2) is 25.1 Å². The Bertz CT molecular complexity index is 501. The summed E-state index contributed by atoms with van der Waals surface area (Å²) in [5.41, 5.74) is 5.67. The van der Waals surface area contributed by atoms with Crippen LogP contribution in [0.2, 0.25) is 0 Å². The van der Waals surface area contributed by atoms with Crippen LogP contribution in [0.5, 0.6) is 5.75 Å². The number of nitrogens with one attached hydrogen (secondary N) is 2. The van der Waals surface area contributed by atoms with E-state index in [1.807, 2.05) is 0 Å². The average Bonchev–Trinajstić information content (AvgIpc) is 2.53. The molecule has 0 saturated carbocycles. The largest absolute Gasteiger partial charge is 0.484 e. The summed E-state index contributed by atoms with van der Waals surface area (Å²) in [6.07, 6.45) is 5.87. The number of hydrogen-bond acceptors (Lipinski definition) is 3. The molecule has 134 valence electrons. The van der Waals surface area contributed by atoms with Gasteiger partial charge in [-0.1, -0.05) is 39.5 Å². The van der Waals surface area contributed by atoms with E-state index < -0.39 is 5.91 Å². The van der Waals surface area contributed by atoms with Gasteiger partial charge in [0.15, 0.2) is 6.61 Å². The second kappa shape index (κ2) is 11.3. The monoisotopic (exact) mass is 335 g/mol. The highest BCUT2D eigenvalue weighted by Crippen LogP contribution is 2.15. The third-order valence-electron chi connectivity index (χ3n) is 3.49. The number of benzene rings is 1. The maximum atomic E-state index is 11.8. The van der Waals surface area contributed by atoms with Crippen LogP contribution in [0.1, 0.15) is 46.0 Å². The number of carbonyl (C=O) groups excluding carboxylic acids is 2. The number of rotatable bonds is 11. The summed E-state index contributed by atoms with van der Waals surface area (Å²) in [6.45, 7) is 4.99. The van der Waals surface area contributed by atoms with Crippen molar-refractivity contribution < 1.29 is 14.3 Å². The Morgan fingerprint density at radius 3 is 2.38 bits per heavy atom. The molecule has 1 rings (SSSR count). The van der Waals surface area contributed by atoms with Gasteiger partial charge in [0.05, 0.1) is 0 Å². The van der Waals surface area contributed by atoms with E-state index in [-0.39, 0.29) is 12.6 Å². The van der Waals surface area contributed by atoms with E-state index >= 15 is 0 Å². The molecule has 4 N–H and O–H groups in total. The molecular weight excluding hydrogens is 306 g/mol. The number of anilines is 1. The number of amides is 3. The summed E-state index contributed by atoms with van der Waals surface area (Å²) in [4.78, 5) is 22.4. The number of primary amides is 1. The summed E-state index contributed by atoms with van der Waals surface area (Å²) >= 11 is 0. The van der Waals surface area contributed by atoms with Crippen LogP contribution in [0.3, 0.4) is 0 Å². The van der Waals surface area contributed by atoms with Crippen molar-refractivity contribution in [1.29, 1.82) is 0 Å². The molecule has 6 nitrogen and oxygen atoms in total. The predicted octanol–water partition coefficient (Wildman–Crippen LogP) is 3.28. The number of nitrogens with two attached hydrogens (primary N) is 1. The van der Waals surface area contributed by atoms with Gasteiger partial charge in [-0.15, -0.1) is 0 Å². The van der Waals surface area contributed by atoms with Crippen molar-refractivity contribution in [1.82, 2.24) is 5.32 Å². The molecule has 0 aliphatic rings. The van der Waals surface area contributed by atoms with Gasteiger partial charge >= 0.3 is 6.03 Å². The minimum absolute atomic E-state index is 0.162. The molecule has 0 aliphatic carbocycles. The van der Waals surface area contributed by atoms with Crippen LogP contribution in [0.15, 0.2) is 24.3 Å². The fourth-order valence-electron chi connectivity index (χ4n) is 2.20. The fourth-order valence-corrected chi connectivity index (χ4v) is 2.20. The molecular formula is C18H29N3O3. The van der Waals surface area contributed by atoms with Crippen molar-refractivity contribution in [2.24, 2.45) is 11.7 Å². The summed E-state index contributed by atoms with van der Waals surface area (Å²) in [5.74, 6) is 0.767. The third kappa shape index (κ3) is 9.71. The van der Waals surface area contributed by atoms with Crippen molar-refractivity contribution in [2.75, 3.05) is 18.5 Å². The Morgan fingerprint density at radius 1 is 1.08 bits per heavy atom. The maximum Gasteiger partial charge on any atom is 0.319 e. The van der Waals surface area contributed by atoms with E-state index in [1.54, 1.807) is 24.3 Å². The van der Waals surface area contributed by atoms with Gasteiger partial charge in [-0.2, -0.15) is 0 Å². The maximum absolute atomic E-state index is 11.8. The van der Waals surface area contributed by atoms with Gasteiger partial charge in [0.25, 0.3) is 5.91 Å². The lowest BCUT2D eigenvalue weighted by molar-refractivity contribution is -0.119. The predicted molar refractivity (Wildman–Crippen MR) is 96.1 cm³/mol. The lowest BCUT2D eigenvalue weighted by atomic mass is 10.0. The highest BCUT2D eigenvalue weighted by molar-refractivity contribution is 5.89. The number of carbonyl (C=O) groups is 2. The van der Waals surface area contributed by atoms with Crippen molar-refractivity contribution >= 4 is 17.6 Å². The highest BCUT2D eigenvalue weighted by atomic mass is 16.5. The normalized spacial score (nSPS) is 10.5. The van der Waals surface area contributed by atoms with E-state index in [2.05, 4.69) is 24.5 Å². The number of ether oxygens (including phenoxy) is 1. The van der Waals surface area contributed by atoms with Gasteiger partial charge in [-0.05, 0) is 36.6 Å². The molecule has 0 aliphatic heterocycles. The molecule has 24 heavy (non-hydrogen) atoms. The first-order valence-corrected chi connectivity index (χ1v) is 8.53. The SMILES string of the molecule is CC(C)CCCCCCNC(=O)Nc1ccc(OCC(N)=O)cc1. The molecule has 0 heterocycles. The molecule has 0 radical (unpaired) electrons.